The number of nitrogens with zero attached hydrogens (tertiary/aromatic N) is 2. The van der Waals surface area contributed by atoms with Gasteiger partial charge in [0.15, 0.2) is 0 Å². The van der Waals surface area contributed by atoms with Crippen molar-refractivity contribution in [2.75, 3.05) is 4.90 Å². The van der Waals surface area contributed by atoms with Gasteiger partial charge in [0.1, 0.15) is 22.4 Å². The van der Waals surface area contributed by atoms with E-state index in [1.54, 1.807) is 12.1 Å². The summed E-state index contributed by atoms with van der Waals surface area (Å²) in [6, 6.07) is 22.6. The van der Waals surface area contributed by atoms with E-state index in [4.69, 9.17) is 4.42 Å². The lowest BCUT2D eigenvalue weighted by atomic mass is 10.1. The predicted octanol–water partition coefficient (Wildman–Crippen LogP) is 4.33. The number of anilines is 1. The second-order valence-electron chi connectivity index (χ2n) is 7.36. The van der Waals surface area contributed by atoms with Gasteiger partial charge in [-0.2, -0.15) is 5.26 Å². The van der Waals surface area contributed by atoms with Crippen molar-refractivity contribution in [2.45, 2.75) is 25.1 Å². The Morgan fingerprint density at radius 3 is 2.53 bits per heavy atom. The maximum Gasteiger partial charge on any atom is 0.265 e. The van der Waals surface area contributed by atoms with Crippen molar-refractivity contribution >= 4 is 29.3 Å². The summed E-state index contributed by atoms with van der Waals surface area (Å²) < 4.78 is 5.24. The number of hydrogen-bond donors (Lipinski definition) is 1. The monoisotopic (exact) mass is 443 g/mol. The molecule has 6 nitrogen and oxygen atoms in total. The Hall–Kier alpha value is -3.76. The molecule has 0 bridgehead atoms. The van der Waals surface area contributed by atoms with Gasteiger partial charge < -0.3 is 9.73 Å². The summed E-state index contributed by atoms with van der Waals surface area (Å²) in [5.41, 5.74) is 2.61. The quantitative estimate of drug-likeness (QED) is 0.453. The number of rotatable bonds is 6. The summed E-state index contributed by atoms with van der Waals surface area (Å²) in [7, 11) is 0. The van der Waals surface area contributed by atoms with Gasteiger partial charge in [-0.05, 0) is 43.2 Å². The first-order valence-corrected chi connectivity index (χ1v) is 11.0. The molecule has 160 valence electrons. The number of furan rings is 1. The smallest absolute Gasteiger partial charge is 0.265 e. The molecule has 2 aromatic carbocycles. The summed E-state index contributed by atoms with van der Waals surface area (Å²) in [6.07, 6.45) is 2.02. The van der Waals surface area contributed by atoms with Gasteiger partial charge in [0.2, 0.25) is 5.91 Å². The van der Waals surface area contributed by atoms with Crippen molar-refractivity contribution in [3.63, 3.8) is 0 Å². The Balaban J connectivity index is 1.67. The number of amides is 2. The third kappa shape index (κ3) is 4.61. The van der Waals surface area contributed by atoms with Crippen LogP contribution in [0.4, 0.5) is 5.69 Å². The highest BCUT2D eigenvalue weighted by atomic mass is 32.2. The highest BCUT2D eigenvalue weighted by Gasteiger charge is 2.40. The lowest BCUT2D eigenvalue weighted by molar-refractivity contribution is -0.117. The Morgan fingerprint density at radius 1 is 1.12 bits per heavy atom. The van der Waals surface area contributed by atoms with Gasteiger partial charge in [0.05, 0.1) is 18.1 Å². The Morgan fingerprint density at radius 2 is 1.88 bits per heavy atom. The van der Waals surface area contributed by atoms with Crippen LogP contribution < -0.4 is 10.2 Å². The number of carbonyl (C=O) groups is 2. The second-order valence-corrected chi connectivity index (χ2v) is 8.55. The second kappa shape index (κ2) is 9.58. The van der Waals surface area contributed by atoms with Gasteiger partial charge in [0, 0.05) is 5.69 Å². The largest absolute Gasteiger partial charge is 0.467 e. The summed E-state index contributed by atoms with van der Waals surface area (Å²) in [5, 5.41) is 12.5. The zero-order chi connectivity index (χ0) is 22.5. The fourth-order valence-electron chi connectivity index (χ4n) is 3.41. The molecule has 0 aliphatic carbocycles. The number of nitrogens with one attached hydrogen (secondary N) is 1. The van der Waals surface area contributed by atoms with E-state index in [0.29, 0.717) is 22.9 Å². The van der Waals surface area contributed by atoms with E-state index in [0.717, 1.165) is 11.1 Å². The minimum atomic E-state index is -0.545. The number of nitriles is 1. The van der Waals surface area contributed by atoms with Gasteiger partial charge in [-0.3, -0.25) is 14.5 Å². The molecule has 0 saturated carbocycles. The molecular weight excluding hydrogens is 422 g/mol. The van der Waals surface area contributed by atoms with Crippen LogP contribution in [0.5, 0.6) is 0 Å². The van der Waals surface area contributed by atoms with Crippen LogP contribution in [0.3, 0.4) is 0 Å². The molecule has 2 heterocycles. The van der Waals surface area contributed by atoms with E-state index in [-0.39, 0.29) is 18.0 Å². The molecule has 0 unspecified atom stereocenters. The van der Waals surface area contributed by atoms with Crippen molar-refractivity contribution in [3.8, 4) is 6.07 Å². The van der Waals surface area contributed by atoms with E-state index in [1.807, 2.05) is 67.6 Å². The molecule has 2 amide bonds. The summed E-state index contributed by atoms with van der Waals surface area (Å²) in [4.78, 5) is 27.8. The number of aryl methyl sites for hydroxylation is 1. The van der Waals surface area contributed by atoms with Crippen LogP contribution in [0.1, 0.15) is 16.9 Å². The Labute approximate surface area is 190 Å². The van der Waals surface area contributed by atoms with Crippen LogP contribution in [0.25, 0.3) is 0 Å². The van der Waals surface area contributed by atoms with Crippen LogP contribution in [0, 0.1) is 18.3 Å². The van der Waals surface area contributed by atoms with Crippen molar-refractivity contribution in [1.82, 2.24) is 5.32 Å². The molecule has 0 spiro atoms. The average Bonchev–Trinajstić information content (AvgIpc) is 3.43. The third-order valence-electron chi connectivity index (χ3n) is 5.06. The molecule has 32 heavy (non-hydrogen) atoms. The van der Waals surface area contributed by atoms with E-state index in [2.05, 4.69) is 5.32 Å². The zero-order valence-electron chi connectivity index (χ0n) is 17.4. The van der Waals surface area contributed by atoms with E-state index >= 15 is 0 Å². The maximum atomic E-state index is 13.4. The van der Waals surface area contributed by atoms with E-state index < -0.39 is 11.2 Å². The average molecular weight is 444 g/mol. The van der Waals surface area contributed by atoms with Crippen LogP contribution >= 0.6 is 11.8 Å². The van der Waals surface area contributed by atoms with Crippen molar-refractivity contribution < 1.29 is 14.0 Å². The maximum absolute atomic E-state index is 13.4. The highest BCUT2D eigenvalue weighted by molar-refractivity contribution is 8.05. The minimum Gasteiger partial charge on any atom is -0.467 e. The first-order valence-electron chi connectivity index (χ1n) is 10.1. The van der Waals surface area contributed by atoms with E-state index in [9.17, 15) is 14.9 Å². The SMILES string of the molecule is Cc1ccc(N2C(=O)[C@H](Cc3ccccc3)S/C2=C(/C#N)C(=O)NCc2ccco2)cc1. The van der Waals surface area contributed by atoms with Gasteiger partial charge in [-0.1, -0.05) is 59.8 Å². The first kappa shape index (κ1) is 21.5. The topological polar surface area (TPSA) is 86.3 Å². The fourth-order valence-corrected chi connectivity index (χ4v) is 4.72. The molecular formula is C25H21N3O3S. The lowest BCUT2D eigenvalue weighted by Crippen LogP contribution is -2.32. The van der Waals surface area contributed by atoms with E-state index in [1.165, 1.54) is 22.9 Å². The van der Waals surface area contributed by atoms with Crippen LogP contribution in [0.2, 0.25) is 0 Å². The van der Waals surface area contributed by atoms with Crippen molar-refractivity contribution in [2.24, 2.45) is 0 Å². The predicted molar refractivity (Wildman–Crippen MR) is 123 cm³/mol. The van der Waals surface area contributed by atoms with Gasteiger partial charge in [-0.15, -0.1) is 0 Å². The molecule has 1 fully saturated rings. The standard InChI is InChI=1S/C25H21N3O3S/c1-17-9-11-19(12-10-17)28-24(30)22(14-18-6-3-2-4-7-18)32-25(28)21(15-26)23(29)27-16-20-8-5-13-31-20/h2-13,22H,14,16H2,1H3,(H,27,29)/b25-21-/t22-/m0/s1. The minimum absolute atomic E-state index is 0.0916. The summed E-state index contributed by atoms with van der Waals surface area (Å²) >= 11 is 1.25. The van der Waals surface area contributed by atoms with Crippen LogP contribution in [-0.2, 0) is 22.6 Å². The molecule has 1 atom stereocenters. The number of hydrogen-bond acceptors (Lipinski definition) is 5. The number of carbonyl (C=O) groups excluding carboxylic acids is 2. The molecule has 1 saturated heterocycles. The molecule has 1 aliphatic rings. The van der Waals surface area contributed by atoms with Crippen LogP contribution in [-0.4, -0.2) is 17.1 Å². The van der Waals surface area contributed by atoms with Gasteiger partial charge in [0.25, 0.3) is 5.91 Å². The third-order valence-corrected chi connectivity index (χ3v) is 6.33. The normalized spacial score (nSPS) is 17.2. The zero-order valence-corrected chi connectivity index (χ0v) is 18.3. The summed E-state index contributed by atoms with van der Waals surface area (Å²) in [6.45, 7) is 2.11. The molecule has 3 aromatic rings. The molecule has 1 aromatic heterocycles. The molecule has 4 rings (SSSR count). The number of thioether (sulfide) groups is 1. The van der Waals surface area contributed by atoms with Crippen molar-refractivity contribution in [1.29, 1.82) is 5.26 Å². The molecule has 1 aliphatic heterocycles. The highest BCUT2D eigenvalue weighted by Crippen LogP contribution is 2.41. The Kier molecular flexibility index (Phi) is 6.43. The Bertz CT molecular complexity index is 1180. The van der Waals surface area contributed by atoms with Gasteiger partial charge >= 0.3 is 0 Å². The van der Waals surface area contributed by atoms with Gasteiger partial charge in [-0.25, -0.2) is 0 Å². The number of benzene rings is 2. The molecule has 0 radical (unpaired) electrons. The molecule has 7 heteroatoms. The summed E-state index contributed by atoms with van der Waals surface area (Å²) in [5.74, 6) is -0.117. The van der Waals surface area contributed by atoms with Crippen molar-refractivity contribution in [3.05, 3.63) is 100 Å². The fraction of sp³-hybridized carbons (Fsp3) is 0.160. The lowest BCUT2D eigenvalue weighted by Gasteiger charge is -2.19. The first-order chi connectivity index (χ1) is 15.6. The van der Waals surface area contributed by atoms with Crippen LogP contribution in [0.15, 0.2) is 88.0 Å². The molecule has 1 N–H and O–H groups in total.